The van der Waals surface area contributed by atoms with Crippen LogP contribution in [0.1, 0.15) is 37.4 Å². The molecule has 2 N–H and O–H groups in total. The standard InChI is InChI=1S/C16H24N4O3/c1-5-20-15(11(2)17)18-19-16(20)23-13-8-6-12(7-9-13)14(22-4)10-21-3/h6-9,11,14H,5,10,17H2,1-4H3/t11-,14?/m1/s1. The van der Waals surface area contributed by atoms with Gasteiger partial charge in [0.25, 0.3) is 0 Å². The van der Waals surface area contributed by atoms with E-state index < -0.39 is 0 Å². The molecule has 0 aliphatic carbocycles. The Bertz CT molecular complexity index is 610. The third-order valence-electron chi connectivity index (χ3n) is 3.53. The van der Waals surface area contributed by atoms with E-state index in [2.05, 4.69) is 10.2 Å². The minimum atomic E-state index is -0.196. The number of rotatable bonds is 8. The smallest absolute Gasteiger partial charge is 0.322 e. The van der Waals surface area contributed by atoms with Crippen LogP contribution in [-0.2, 0) is 16.0 Å². The van der Waals surface area contributed by atoms with Gasteiger partial charge in [0.15, 0.2) is 5.82 Å². The maximum Gasteiger partial charge on any atom is 0.322 e. The molecule has 1 unspecified atom stereocenters. The van der Waals surface area contributed by atoms with Crippen LogP contribution in [0.4, 0.5) is 0 Å². The number of methoxy groups -OCH3 is 2. The van der Waals surface area contributed by atoms with Crippen LogP contribution in [0.5, 0.6) is 11.8 Å². The monoisotopic (exact) mass is 320 g/mol. The molecule has 1 heterocycles. The molecule has 0 aliphatic heterocycles. The Morgan fingerprint density at radius 3 is 2.39 bits per heavy atom. The van der Waals surface area contributed by atoms with E-state index in [1.54, 1.807) is 14.2 Å². The predicted molar refractivity (Wildman–Crippen MR) is 86.4 cm³/mol. The lowest BCUT2D eigenvalue weighted by Gasteiger charge is -2.15. The van der Waals surface area contributed by atoms with Gasteiger partial charge in [-0.15, -0.1) is 5.10 Å². The van der Waals surface area contributed by atoms with Gasteiger partial charge in [-0.1, -0.05) is 17.2 Å². The molecule has 2 rings (SSSR count). The van der Waals surface area contributed by atoms with Crippen molar-refractivity contribution < 1.29 is 14.2 Å². The first-order valence-corrected chi connectivity index (χ1v) is 7.58. The second kappa shape index (κ2) is 8.05. The molecule has 7 heteroatoms. The second-order valence-corrected chi connectivity index (χ2v) is 5.22. The lowest BCUT2D eigenvalue weighted by Crippen LogP contribution is -2.13. The van der Waals surface area contributed by atoms with E-state index in [1.807, 2.05) is 42.7 Å². The molecule has 0 aliphatic rings. The summed E-state index contributed by atoms with van der Waals surface area (Å²) in [5, 5.41) is 8.17. The SMILES string of the molecule is CCn1c(Oc2ccc(C(COC)OC)cc2)nnc1[C@@H](C)N. The average molecular weight is 320 g/mol. The van der Waals surface area contributed by atoms with Gasteiger partial charge in [0.1, 0.15) is 11.9 Å². The Balaban J connectivity index is 2.15. The zero-order valence-electron chi connectivity index (χ0n) is 14.0. The van der Waals surface area contributed by atoms with Crippen molar-refractivity contribution >= 4 is 0 Å². The van der Waals surface area contributed by atoms with E-state index >= 15 is 0 Å². The molecule has 0 saturated heterocycles. The molecule has 1 aromatic heterocycles. The van der Waals surface area contributed by atoms with Crippen LogP contribution in [0.25, 0.3) is 0 Å². The topological polar surface area (TPSA) is 84.4 Å². The van der Waals surface area contributed by atoms with Crippen LogP contribution in [0.15, 0.2) is 24.3 Å². The third kappa shape index (κ3) is 4.07. The number of aromatic nitrogens is 3. The molecule has 0 fully saturated rings. The summed E-state index contributed by atoms with van der Waals surface area (Å²) in [5.74, 6) is 1.39. The van der Waals surface area contributed by atoms with Crippen LogP contribution >= 0.6 is 0 Å². The molecule has 0 amide bonds. The van der Waals surface area contributed by atoms with E-state index in [0.29, 0.717) is 30.7 Å². The number of hydrogen-bond acceptors (Lipinski definition) is 6. The van der Waals surface area contributed by atoms with Crippen LogP contribution in [-0.4, -0.2) is 35.6 Å². The highest BCUT2D eigenvalue weighted by molar-refractivity contribution is 5.30. The van der Waals surface area contributed by atoms with Crippen molar-refractivity contribution in [3.63, 3.8) is 0 Å². The molecular formula is C16H24N4O3. The van der Waals surface area contributed by atoms with Crippen LogP contribution in [0.3, 0.4) is 0 Å². The number of nitrogens with two attached hydrogens (primary N) is 1. The molecule has 126 valence electrons. The Hall–Kier alpha value is -1.96. The number of hydrogen-bond donors (Lipinski definition) is 1. The highest BCUT2D eigenvalue weighted by Crippen LogP contribution is 2.25. The van der Waals surface area contributed by atoms with E-state index in [1.165, 1.54) is 0 Å². The Kier molecular flexibility index (Phi) is 6.09. The van der Waals surface area contributed by atoms with Crippen molar-refractivity contribution in [2.45, 2.75) is 32.5 Å². The summed E-state index contributed by atoms with van der Waals surface area (Å²) in [4.78, 5) is 0. The summed E-state index contributed by atoms with van der Waals surface area (Å²) >= 11 is 0. The lowest BCUT2D eigenvalue weighted by molar-refractivity contribution is 0.0274. The molecule has 0 radical (unpaired) electrons. The van der Waals surface area contributed by atoms with Gasteiger partial charge >= 0.3 is 6.01 Å². The molecule has 23 heavy (non-hydrogen) atoms. The first-order chi connectivity index (χ1) is 11.1. The summed E-state index contributed by atoms with van der Waals surface area (Å²) in [6.45, 7) is 5.06. The third-order valence-corrected chi connectivity index (χ3v) is 3.53. The van der Waals surface area contributed by atoms with Crippen molar-refractivity contribution in [3.8, 4) is 11.8 Å². The van der Waals surface area contributed by atoms with E-state index in [4.69, 9.17) is 19.9 Å². The van der Waals surface area contributed by atoms with Crippen LogP contribution < -0.4 is 10.5 Å². The van der Waals surface area contributed by atoms with Crippen molar-refractivity contribution in [1.82, 2.24) is 14.8 Å². The Labute approximate surface area is 136 Å². The van der Waals surface area contributed by atoms with Gasteiger partial charge in [0, 0.05) is 20.8 Å². The fraction of sp³-hybridized carbons (Fsp3) is 0.500. The molecule has 0 spiro atoms. The summed E-state index contributed by atoms with van der Waals surface area (Å²) in [6.07, 6.45) is -0.0990. The fourth-order valence-corrected chi connectivity index (χ4v) is 2.32. The molecule has 2 aromatic rings. The van der Waals surface area contributed by atoms with Gasteiger partial charge in [-0.2, -0.15) is 0 Å². The number of ether oxygens (including phenoxy) is 3. The van der Waals surface area contributed by atoms with E-state index in [-0.39, 0.29) is 12.1 Å². The molecule has 1 aromatic carbocycles. The van der Waals surface area contributed by atoms with Gasteiger partial charge < -0.3 is 19.9 Å². The van der Waals surface area contributed by atoms with Crippen molar-refractivity contribution in [2.24, 2.45) is 5.73 Å². The van der Waals surface area contributed by atoms with E-state index in [0.717, 1.165) is 5.56 Å². The Morgan fingerprint density at radius 1 is 1.17 bits per heavy atom. The molecular weight excluding hydrogens is 296 g/mol. The van der Waals surface area contributed by atoms with Gasteiger partial charge in [0.05, 0.1) is 12.6 Å². The minimum Gasteiger partial charge on any atom is -0.424 e. The first kappa shape index (κ1) is 17.4. The van der Waals surface area contributed by atoms with E-state index in [9.17, 15) is 0 Å². The highest BCUT2D eigenvalue weighted by atomic mass is 16.5. The number of benzene rings is 1. The van der Waals surface area contributed by atoms with Gasteiger partial charge in [-0.25, -0.2) is 0 Å². The fourth-order valence-electron chi connectivity index (χ4n) is 2.32. The summed E-state index contributed by atoms with van der Waals surface area (Å²) < 4.78 is 18.2. The summed E-state index contributed by atoms with van der Waals surface area (Å²) in [5.41, 5.74) is 6.91. The maximum atomic E-state index is 5.89. The Morgan fingerprint density at radius 2 is 1.87 bits per heavy atom. The molecule has 0 bridgehead atoms. The van der Waals surface area contributed by atoms with Gasteiger partial charge in [0.2, 0.25) is 0 Å². The highest BCUT2D eigenvalue weighted by Gasteiger charge is 2.16. The summed E-state index contributed by atoms with van der Waals surface area (Å²) in [6, 6.07) is 7.88. The predicted octanol–water partition coefficient (Wildman–Crippen LogP) is 2.44. The molecule has 2 atom stereocenters. The van der Waals surface area contributed by atoms with Gasteiger partial charge in [-0.05, 0) is 31.5 Å². The van der Waals surface area contributed by atoms with Crippen LogP contribution in [0, 0.1) is 0 Å². The van der Waals surface area contributed by atoms with Crippen molar-refractivity contribution in [3.05, 3.63) is 35.7 Å². The van der Waals surface area contributed by atoms with Crippen molar-refractivity contribution in [1.29, 1.82) is 0 Å². The first-order valence-electron chi connectivity index (χ1n) is 7.58. The average Bonchev–Trinajstić information content (AvgIpc) is 2.96. The summed E-state index contributed by atoms with van der Waals surface area (Å²) in [7, 11) is 3.31. The number of nitrogens with zero attached hydrogens (tertiary/aromatic N) is 3. The zero-order valence-corrected chi connectivity index (χ0v) is 14.0. The molecule has 0 saturated carbocycles. The van der Waals surface area contributed by atoms with Crippen LogP contribution in [0.2, 0.25) is 0 Å². The quantitative estimate of drug-likeness (QED) is 0.804. The molecule has 7 nitrogen and oxygen atoms in total. The lowest BCUT2D eigenvalue weighted by atomic mass is 10.1. The van der Waals surface area contributed by atoms with Crippen molar-refractivity contribution in [2.75, 3.05) is 20.8 Å². The largest absolute Gasteiger partial charge is 0.424 e. The zero-order chi connectivity index (χ0) is 16.8. The second-order valence-electron chi connectivity index (χ2n) is 5.22. The maximum absolute atomic E-state index is 5.89. The minimum absolute atomic E-state index is 0.0990. The van der Waals surface area contributed by atoms with Gasteiger partial charge in [-0.3, -0.25) is 4.57 Å². The normalized spacial score (nSPS) is 13.8.